The second-order valence-corrected chi connectivity index (χ2v) is 8.98. The van der Waals surface area contributed by atoms with Crippen LogP contribution in [0.2, 0.25) is 0 Å². The van der Waals surface area contributed by atoms with Crippen molar-refractivity contribution in [1.29, 1.82) is 0 Å². The lowest BCUT2D eigenvalue weighted by Crippen LogP contribution is -2.33. The van der Waals surface area contributed by atoms with Crippen molar-refractivity contribution in [2.45, 2.75) is 38.5 Å². The Bertz CT molecular complexity index is 1190. The summed E-state index contributed by atoms with van der Waals surface area (Å²) in [5.74, 6) is 2.18. The van der Waals surface area contributed by atoms with E-state index in [4.69, 9.17) is 0 Å². The number of nitro benzene ring substituents is 1. The first-order valence-electron chi connectivity index (χ1n) is 11.4. The van der Waals surface area contributed by atoms with Gasteiger partial charge in [0.25, 0.3) is 11.6 Å². The number of amides is 1. The Hall–Kier alpha value is -3.75. The highest BCUT2D eigenvalue weighted by Crippen LogP contribution is 2.38. The third kappa shape index (κ3) is 4.57. The molecule has 1 aromatic heterocycles. The van der Waals surface area contributed by atoms with Crippen LogP contribution >= 0.6 is 0 Å². The zero-order chi connectivity index (χ0) is 22.9. The first-order valence-corrected chi connectivity index (χ1v) is 11.4. The molecular weight excluding hydrogens is 420 g/mol. The molecule has 2 N–H and O–H groups in total. The van der Waals surface area contributed by atoms with Crippen LogP contribution < -0.4 is 10.2 Å². The summed E-state index contributed by atoms with van der Waals surface area (Å²) in [6.07, 6.45) is 4.27. The van der Waals surface area contributed by atoms with Gasteiger partial charge in [0.2, 0.25) is 0 Å². The van der Waals surface area contributed by atoms with Gasteiger partial charge in [0, 0.05) is 41.9 Å². The maximum absolute atomic E-state index is 12.9. The molecule has 2 heterocycles. The molecule has 2 aliphatic rings. The number of aromatic amines is 1. The second-order valence-electron chi connectivity index (χ2n) is 8.98. The fourth-order valence-corrected chi connectivity index (χ4v) is 4.21. The summed E-state index contributed by atoms with van der Waals surface area (Å²) < 4.78 is 0. The third-order valence-corrected chi connectivity index (χ3v) is 6.40. The van der Waals surface area contributed by atoms with Crippen LogP contribution in [0.15, 0.2) is 42.5 Å². The number of nitrogens with one attached hydrogen (secondary N) is 2. The van der Waals surface area contributed by atoms with Gasteiger partial charge in [0.1, 0.15) is 11.5 Å². The number of carbonyl (C=O) groups excluding carboxylic acids is 1. The number of carbonyl (C=O) groups is 1. The zero-order valence-electron chi connectivity index (χ0n) is 18.5. The minimum atomic E-state index is -0.411. The van der Waals surface area contributed by atoms with Crippen LogP contribution in [-0.2, 0) is 0 Å². The van der Waals surface area contributed by atoms with Crippen LogP contribution in [0.5, 0.6) is 0 Å². The van der Waals surface area contributed by atoms with Crippen LogP contribution in [0.25, 0.3) is 11.4 Å². The Labute approximate surface area is 191 Å². The largest absolute Gasteiger partial charge is 0.366 e. The lowest BCUT2D eigenvalue weighted by atomic mass is 9.98. The highest BCUT2D eigenvalue weighted by Gasteiger charge is 2.27. The second kappa shape index (κ2) is 8.65. The summed E-state index contributed by atoms with van der Waals surface area (Å²) in [5, 5.41) is 21.9. The van der Waals surface area contributed by atoms with Crippen LogP contribution in [-0.4, -0.2) is 39.1 Å². The van der Waals surface area contributed by atoms with E-state index in [0.717, 1.165) is 50.2 Å². The Morgan fingerprint density at radius 1 is 1.15 bits per heavy atom. The van der Waals surface area contributed by atoms with E-state index in [-0.39, 0.29) is 11.3 Å². The predicted octanol–water partition coefficient (Wildman–Crippen LogP) is 4.75. The van der Waals surface area contributed by atoms with E-state index in [1.165, 1.54) is 6.07 Å². The minimum absolute atomic E-state index is 0.0423. The fourth-order valence-electron chi connectivity index (χ4n) is 4.21. The van der Waals surface area contributed by atoms with Crippen LogP contribution in [0.4, 0.5) is 17.1 Å². The maximum Gasteiger partial charge on any atom is 0.293 e. The van der Waals surface area contributed by atoms with Crippen LogP contribution in [0.3, 0.4) is 0 Å². The van der Waals surface area contributed by atoms with Gasteiger partial charge >= 0.3 is 0 Å². The van der Waals surface area contributed by atoms with Gasteiger partial charge in [-0.25, -0.2) is 4.98 Å². The van der Waals surface area contributed by atoms with E-state index in [9.17, 15) is 14.9 Å². The highest BCUT2D eigenvalue weighted by atomic mass is 16.6. The van der Waals surface area contributed by atoms with E-state index < -0.39 is 10.8 Å². The Kier molecular flexibility index (Phi) is 5.53. The van der Waals surface area contributed by atoms with Crippen molar-refractivity contribution in [3.8, 4) is 11.4 Å². The number of anilines is 2. The molecule has 2 aromatic carbocycles. The molecule has 1 saturated carbocycles. The summed E-state index contributed by atoms with van der Waals surface area (Å²) in [5.41, 5.74) is 2.14. The first kappa shape index (κ1) is 21.1. The number of hydrogen-bond acceptors (Lipinski definition) is 6. The average molecular weight is 447 g/mol. The Balaban J connectivity index is 1.34. The number of piperidine rings is 1. The number of H-pyrrole nitrogens is 1. The quantitative estimate of drug-likeness (QED) is 0.417. The van der Waals surface area contributed by atoms with E-state index in [1.807, 2.05) is 17.0 Å². The molecule has 1 aliphatic carbocycles. The van der Waals surface area contributed by atoms with E-state index in [1.54, 1.807) is 24.3 Å². The molecule has 0 bridgehead atoms. The smallest absolute Gasteiger partial charge is 0.293 e. The van der Waals surface area contributed by atoms with Gasteiger partial charge in [-0.2, -0.15) is 5.10 Å². The van der Waals surface area contributed by atoms with Gasteiger partial charge in [-0.15, -0.1) is 0 Å². The molecule has 3 aromatic rings. The SMILES string of the molecule is CC1CCN(c2ccc(C(=O)Nc3cccc(-c4n[nH]c(C5CC5)n4)c3)cc2[N+](=O)[O-])CC1. The third-order valence-electron chi connectivity index (χ3n) is 6.40. The highest BCUT2D eigenvalue weighted by molar-refractivity contribution is 6.05. The molecule has 1 saturated heterocycles. The molecule has 0 atom stereocenters. The normalized spacial score (nSPS) is 16.6. The summed E-state index contributed by atoms with van der Waals surface area (Å²) >= 11 is 0. The number of rotatable bonds is 6. The van der Waals surface area contributed by atoms with E-state index in [2.05, 4.69) is 27.4 Å². The number of aromatic nitrogens is 3. The molecule has 0 spiro atoms. The lowest BCUT2D eigenvalue weighted by molar-refractivity contribution is -0.384. The van der Waals surface area contributed by atoms with Crippen molar-refractivity contribution in [2.75, 3.05) is 23.3 Å². The van der Waals surface area contributed by atoms with Crippen LogP contribution in [0.1, 0.15) is 54.7 Å². The van der Waals surface area contributed by atoms with Crippen molar-refractivity contribution in [2.24, 2.45) is 5.92 Å². The summed E-state index contributed by atoms with van der Waals surface area (Å²) in [6.45, 7) is 3.76. The van der Waals surface area contributed by atoms with Gasteiger partial charge in [-0.3, -0.25) is 20.0 Å². The minimum Gasteiger partial charge on any atom is -0.366 e. The maximum atomic E-state index is 12.9. The molecule has 2 fully saturated rings. The van der Waals surface area contributed by atoms with E-state index in [0.29, 0.717) is 29.0 Å². The number of hydrogen-bond donors (Lipinski definition) is 2. The van der Waals surface area contributed by atoms with Crippen molar-refractivity contribution in [3.63, 3.8) is 0 Å². The molecule has 170 valence electrons. The van der Waals surface area contributed by atoms with Crippen molar-refractivity contribution < 1.29 is 9.72 Å². The lowest BCUT2D eigenvalue weighted by Gasteiger charge is -2.31. The molecule has 33 heavy (non-hydrogen) atoms. The fraction of sp³-hybridized carbons (Fsp3) is 0.375. The molecule has 9 heteroatoms. The molecule has 9 nitrogen and oxygen atoms in total. The number of nitrogens with zero attached hydrogens (tertiary/aromatic N) is 4. The molecule has 0 radical (unpaired) electrons. The predicted molar refractivity (Wildman–Crippen MR) is 125 cm³/mol. The van der Waals surface area contributed by atoms with Crippen molar-refractivity contribution >= 4 is 23.0 Å². The standard InChI is InChI=1S/C24H26N6O3/c1-15-9-11-29(12-10-15)20-8-7-18(14-21(20)30(32)33)24(31)25-19-4-2-3-17(13-19)23-26-22(27-28-23)16-5-6-16/h2-4,7-8,13-16H,5-6,9-12H2,1H3,(H,25,31)(H,26,27,28). The molecule has 1 amide bonds. The monoisotopic (exact) mass is 446 g/mol. The molecule has 0 unspecified atom stereocenters. The van der Waals surface area contributed by atoms with E-state index >= 15 is 0 Å². The van der Waals surface area contributed by atoms with Gasteiger partial charge < -0.3 is 10.2 Å². The topological polar surface area (TPSA) is 117 Å². The van der Waals surface area contributed by atoms with Gasteiger partial charge in [0.05, 0.1) is 4.92 Å². The van der Waals surface area contributed by atoms with Crippen molar-refractivity contribution in [3.05, 3.63) is 64.0 Å². The van der Waals surface area contributed by atoms with Gasteiger partial charge in [0.15, 0.2) is 5.82 Å². The number of nitro groups is 1. The van der Waals surface area contributed by atoms with Gasteiger partial charge in [-0.05, 0) is 55.9 Å². The summed E-state index contributed by atoms with van der Waals surface area (Å²) in [6, 6.07) is 12.0. The van der Waals surface area contributed by atoms with Crippen molar-refractivity contribution in [1.82, 2.24) is 15.2 Å². The zero-order valence-corrected chi connectivity index (χ0v) is 18.5. The molecule has 5 rings (SSSR count). The Morgan fingerprint density at radius 2 is 1.94 bits per heavy atom. The summed E-state index contributed by atoms with van der Waals surface area (Å²) in [7, 11) is 0. The molecule has 1 aliphatic heterocycles. The Morgan fingerprint density at radius 3 is 2.67 bits per heavy atom. The van der Waals surface area contributed by atoms with Gasteiger partial charge in [-0.1, -0.05) is 19.1 Å². The van der Waals surface area contributed by atoms with Crippen LogP contribution in [0, 0.1) is 16.0 Å². The number of benzene rings is 2. The molecular formula is C24H26N6O3. The average Bonchev–Trinajstić information content (AvgIpc) is 3.55. The summed E-state index contributed by atoms with van der Waals surface area (Å²) in [4.78, 5) is 30.8. The first-order chi connectivity index (χ1) is 16.0.